The zero-order valence-corrected chi connectivity index (χ0v) is 12.4. The first-order chi connectivity index (χ1) is 9.74. The lowest BCUT2D eigenvalue weighted by Gasteiger charge is -2.16. The molecule has 20 heavy (non-hydrogen) atoms. The first-order valence-electron chi connectivity index (χ1n) is 7.62. The average Bonchev–Trinajstić information content (AvgIpc) is 3.30. The minimum Gasteiger partial charge on any atom is -0.306 e. The van der Waals surface area contributed by atoms with Gasteiger partial charge in [-0.2, -0.15) is 0 Å². The van der Waals surface area contributed by atoms with Gasteiger partial charge in [0, 0.05) is 12.6 Å². The maximum Gasteiger partial charge on any atom is 0.0294 e. The Morgan fingerprint density at radius 1 is 1.05 bits per heavy atom. The third-order valence-electron chi connectivity index (χ3n) is 4.25. The molecule has 1 atom stereocenters. The van der Waals surface area contributed by atoms with Crippen LogP contribution in [0.4, 0.5) is 0 Å². The Morgan fingerprint density at radius 2 is 1.75 bits per heavy atom. The summed E-state index contributed by atoms with van der Waals surface area (Å²) in [5.74, 6) is 0.822. The molecule has 0 spiro atoms. The predicted octanol–water partition coefficient (Wildman–Crippen LogP) is 4.72. The van der Waals surface area contributed by atoms with Crippen molar-refractivity contribution in [2.75, 3.05) is 0 Å². The molecule has 0 heterocycles. The Balaban J connectivity index is 1.65. The topological polar surface area (TPSA) is 12.0 Å². The van der Waals surface area contributed by atoms with Crippen LogP contribution in [0.1, 0.15) is 54.0 Å². The van der Waals surface area contributed by atoms with Gasteiger partial charge in [-0.05, 0) is 49.3 Å². The molecule has 2 aromatic carbocycles. The summed E-state index contributed by atoms with van der Waals surface area (Å²) in [5, 5.41) is 3.66. The Kier molecular flexibility index (Phi) is 3.88. The van der Waals surface area contributed by atoms with Crippen LogP contribution in [-0.2, 0) is 6.54 Å². The lowest BCUT2D eigenvalue weighted by Crippen LogP contribution is -2.18. The van der Waals surface area contributed by atoms with Crippen molar-refractivity contribution in [1.82, 2.24) is 5.32 Å². The van der Waals surface area contributed by atoms with E-state index >= 15 is 0 Å². The van der Waals surface area contributed by atoms with Gasteiger partial charge in [0.15, 0.2) is 0 Å². The Bertz CT molecular complexity index is 567. The van der Waals surface area contributed by atoms with E-state index in [1.165, 1.54) is 29.5 Å². The van der Waals surface area contributed by atoms with E-state index in [4.69, 9.17) is 0 Å². The standard InChI is InChI=1S/C19H23N/c1-14-7-9-16(10-8-14)15(2)20-13-18-5-3-4-6-19(18)17-11-12-17/h3-10,15,17,20H,11-13H2,1-2H3. The summed E-state index contributed by atoms with van der Waals surface area (Å²) in [6.45, 7) is 5.33. The van der Waals surface area contributed by atoms with Crippen LogP contribution in [-0.4, -0.2) is 0 Å². The van der Waals surface area contributed by atoms with E-state index in [1.54, 1.807) is 5.56 Å². The summed E-state index contributed by atoms with van der Waals surface area (Å²) in [6.07, 6.45) is 2.73. The molecule has 1 nitrogen and oxygen atoms in total. The summed E-state index contributed by atoms with van der Waals surface area (Å²) >= 11 is 0. The van der Waals surface area contributed by atoms with Crippen LogP contribution in [0.5, 0.6) is 0 Å². The Morgan fingerprint density at radius 3 is 2.45 bits per heavy atom. The summed E-state index contributed by atoms with van der Waals surface area (Å²) in [6, 6.07) is 18.1. The highest BCUT2D eigenvalue weighted by Gasteiger charge is 2.25. The average molecular weight is 265 g/mol. The molecule has 1 N–H and O–H groups in total. The fourth-order valence-corrected chi connectivity index (χ4v) is 2.72. The van der Waals surface area contributed by atoms with Crippen LogP contribution in [0.2, 0.25) is 0 Å². The van der Waals surface area contributed by atoms with Crippen LogP contribution in [0.25, 0.3) is 0 Å². The molecule has 1 unspecified atom stereocenters. The fourth-order valence-electron chi connectivity index (χ4n) is 2.72. The van der Waals surface area contributed by atoms with Crippen LogP contribution < -0.4 is 5.32 Å². The Labute approximate surface area is 122 Å². The second-order valence-electron chi connectivity index (χ2n) is 5.99. The highest BCUT2D eigenvalue weighted by atomic mass is 14.9. The van der Waals surface area contributed by atoms with Crippen molar-refractivity contribution >= 4 is 0 Å². The monoisotopic (exact) mass is 265 g/mol. The lowest BCUT2D eigenvalue weighted by atomic mass is 10.0. The number of rotatable bonds is 5. The van der Waals surface area contributed by atoms with Crippen molar-refractivity contribution in [2.24, 2.45) is 0 Å². The van der Waals surface area contributed by atoms with Crippen LogP contribution >= 0.6 is 0 Å². The molecule has 1 heteroatoms. The predicted molar refractivity (Wildman–Crippen MR) is 84.9 cm³/mol. The maximum absolute atomic E-state index is 3.66. The van der Waals surface area contributed by atoms with E-state index in [1.807, 2.05) is 0 Å². The molecule has 104 valence electrons. The quantitative estimate of drug-likeness (QED) is 0.824. The first-order valence-corrected chi connectivity index (χ1v) is 7.62. The summed E-state index contributed by atoms with van der Waals surface area (Å²) < 4.78 is 0. The Hall–Kier alpha value is -1.60. The molecule has 0 saturated heterocycles. The van der Waals surface area contributed by atoms with Gasteiger partial charge in [-0.15, -0.1) is 0 Å². The summed E-state index contributed by atoms with van der Waals surface area (Å²) in [5.41, 5.74) is 5.70. The zero-order valence-electron chi connectivity index (χ0n) is 12.4. The van der Waals surface area contributed by atoms with Crippen LogP contribution in [0, 0.1) is 6.92 Å². The molecule has 1 saturated carbocycles. The molecule has 0 bridgehead atoms. The smallest absolute Gasteiger partial charge is 0.0294 e. The van der Waals surface area contributed by atoms with Crippen molar-refractivity contribution in [3.63, 3.8) is 0 Å². The van der Waals surface area contributed by atoms with E-state index in [9.17, 15) is 0 Å². The van der Waals surface area contributed by atoms with Gasteiger partial charge < -0.3 is 5.32 Å². The van der Waals surface area contributed by atoms with Gasteiger partial charge in [-0.3, -0.25) is 0 Å². The van der Waals surface area contributed by atoms with E-state index in [0.29, 0.717) is 6.04 Å². The minimum absolute atomic E-state index is 0.392. The second kappa shape index (κ2) is 5.80. The molecule has 0 aromatic heterocycles. The van der Waals surface area contributed by atoms with E-state index < -0.39 is 0 Å². The van der Waals surface area contributed by atoms with Gasteiger partial charge in [0.2, 0.25) is 0 Å². The number of hydrogen-bond donors (Lipinski definition) is 1. The van der Waals surface area contributed by atoms with E-state index in [2.05, 4.69) is 67.7 Å². The highest BCUT2D eigenvalue weighted by Crippen LogP contribution is 2.41. The lowest BCUT2D eigenvalue weighted by molar-refractivity contribution is 0.572. The minimum atomic E-state index is 0.392. The highest BCUT2D eigenvalue weighted by molar-refractivity contribution is 5.33. The van der Waals surface area contributed by atoms with E-state index in [-0.39, 0.29) is 0 Å². The third-order valence-corrected chi connectivity index (χ3v) is 4.25. The third kappa shape index (κ3) is 3.10. The molecule has 0 amide bonds. The number of benzene rings is 2. The second-order valence-corrected chi connectivity index (χ2v) is 5.99. The van der Waals surface area contributed by atoms with Gasteiger partial charge >= 0.3 is 0 Å². The molecular formula is C19H23N. The van der Waals surface area contributed by atoms with Gasteiger partial charge in [-0.1, -0.05) is 54.1 Å². The zero-order chi connectivity index (χ0) is 13.9. The molecule has 2 aromatic rings. The molecule has 0 radical (unpaired) electrons. The normalized spacial score (nSPS) is 16.1. The molecule has 1 aliphatic carbocycles. The molecular weight excluding hydrogens is 242 g/mol. The van der Waals surface area contributed by atoms with Crippen LogP contribution in [0.3, 0.4) is 0 Å². The summed E-state index contributed by atoms with van der Waals surface area (Å²) in [7, 11) is 0. The SMILES string of the molecule is Cc1ccc(C(C)NCc2ccccc2C2CC2)cc1. The maximum atomic E-state index is 3.66. The number of nitrogens with one attached hydrogen (secondary N) is 1. The number of aryl methyl sites for hydroxylation is 1. The first kappa shape index (κ1) is 13.4. The molecule has 1 aliphatic rings. The largest absolute Gasteiger partial charge is 0.306 e. The molecule has 3 rings (SSSR count). The van der Waals surface area contributed by atoms with Gasteiger partial charge in [-0.25, -0.2) is 0 Å². The summed E-state index contributed by atoms with van der Waals surface area (Å²) in [4.78, 5) is 0. The fraction of sp³-hybridized carbons (Fsp3) is 0.368. The van der Waals surface area contributed by atoms with Crippen molar-refractivity contribution in [3.8, 4) is 0 Å². The van der Waals surface area contributed by atoms with Gasteiger partial charge in [0.1, 0.15) is 0 Å². The molecule has 1 fully saturated rings. The van der Waals surface area contributed by atoms with Crippen molar-refractivity contribution in [3.05, 3.63) is 70.8 Å². The van der Waals surface area contributed by atoms with Crippen LogP contribution in [0.15, 0.2) is 48.5 Å². The van der Waals surface area contributed by atoms with E-state index in [0.717, 1.165) is 12.5 Å². The van der Waals surface area contributed by atoms with Crippen molar-refractivity contribution < 1.29 is 0 Å². The van der Waals surface area contributed by atoms with Gasteiger partial charge in [0.05, 0.1) is 0 Å². The number of hydrogen-bond acceptors (Lipinski definition) is 1. The van der Waals surface area contributed by atoms with Crippen molar-refractivity contribution in [1.29, 1.82) is 0 Å². The molecule has 0 aliphatic heterocycles. The van der Waals surface area contributed by atoms with Gasteiger partial charge in [0.25, 0.3) is 0 Å². The van der Waals surface area contributed by atoms with Crippen molar-refractivity contribution in [2.45, 2.75) is 45.2 Å².